The second-order valence-corrected chi connectivity index (χ2v) is 4.96. The van der Waals surface area contributed by atoms with Gasteiger partial charge in [0.1, 0.15) is 0 Å². The molecule has 0 bridgehead atoms. The fraction of sp³-hybridized carbons (Fsp3) is 0.500. The quantitative estimate of drug-likeness (QED) is 0.784. The van der Waals surface area contributed by atoms with Gasteiger partial charge < -0.3 is 10.4 Å². The highest BCUT2D eigenvalue weighted by Crippen LogP contribution is 2.19. The molecule has 0 aliphatic carbocycles. The minimum atomic E-state index is 0.266. The predicted molar refractivity (Wildman–Crippen MR) is 67.7 cm³/mol. The minimum absolute atomic E-state index is 0.266. The van der Waals surface area contributed by atoms with Crippen LogP contribution in [0.4, 0.5) is 0 Å². The zero-order chi connectivity index (χ0) is 11.1. The van der Waals surface area contributed by atoms with Crippen LogP contribution in [0, 0.1) is 0 Å². The number of halogens is 2. The molecule has 0 spiro atoms. The van der Waals surface area contributed by atoms with Crippen molar-refractivity contribution in [3.05, 3.63) is 26.9 Å². The van der Waals surface area contributed by atoms with Crippen molar-refractivity contribution in [3.8, 4) is 0 Å². The molecule has 0 saturated carbocycles. The summed E-state index contributed by atoms with van der Waals surface area (Å²) in [5, 5.41) is 11.9. The van der Waals surface area contributed by atoms with Crippen molar-refractivity contribution < 1.29 is 5.11 Å². The Hall–Kier alpha value is 0.0300. The lowest BCUT2D eigenvalue weighted by Crippen LogP contribution is -2.16. The zero-order valence-electron chi connectivity index (χ0n) is 8.34. The van der Waals surface area contributed by atoms with E-state index < -0.39 is 0 Å². The van der Waals surface area contributed by atoms with Crippen LogP contribution in [0.25, 0.3) is 0 Å². The number of hydrogen-bond donors (Lipinski definition) is 2. The van der Waals surface area contributed by atoms with E-state index in [0.717, 1.165) is 40.6 Å². The van der Waals surface area contributed by atoms with E-state index in [2.05, 4.69) is 42.2 Å². The highest BCUT2D eigenvalue weighted by molar-refractivity contribution is 9.11. The molecule has 0 saturated heterocycles. The van der Waals surface area contributed by atoms with Crippen LogP contribution in [-0.4, -0.2) is 23.2 Å². The first kappa shape index (κ1) is 13.1. The Morgan fingerprint density at radius 1 is 1.33 bits per heavy atom. The number of aliphatic hydroxyl groups excluding tert-OH is 1. The van der Waals surface area contributed by atoms with E-state index >= 15 is 0 Å². The summed E-state index contributed by atoms with van der Waals surface area (Å²) in [5.74, 6) is 0. The van der Waals surface area contributed by atoms with Crippen molar-refractivity contribution in [2.24, 2.45) is 0 Å². The van der Waals surface area contributed by atoms with Gasteiger partial charge in [0.25, 0.3) is 0 Å². The molecule has 15 heavy (non-hydrogen) atoms. The van der Waals surface area contributed by atoms with Gasteiger partial charge >= 0.3 is 0 Å². The third-order valence-corrected chi connectivity index (χ3v) is 3.06. The Morgan fingerprint density at radius 3 is 2.80 bits per heavy atom. The molecular weight excluding hydrogens is 324 g/mol. The molecule has 0 aliphatic heterocycles. The molecule has 84 valence electrons. The Kier molecular flexibility index (Phi) is 6.40. The van der Waals surface area contributed by atoms with Gasteiger partial charge in [0.15, 0.2) is 0 Å². The number of hydrogen-bond acceptors (Lipinski definition) is 3. The molecule has 1 rings (SSSR count). The first-order chi connectivity index (χ1) is 7.24. The van der Waals surface area contributed by atoms with Crippen LogP contribution in [0.1, 0.15) is 18.5 Å². The van der Waals surface area contributed by atoms with Crippen LogP contribution in [0.15, 0.2) is 21.2 Å². The second-order valence-electron chi connectivity index (χ2n) is 3.19. The van der Waals surface area contributed by atoms with E-state index in [1.54, 1.807) is 6.20 Å². The number of pyridine rings is 1. The van der Waals surface area contributed by atoms with Crippen LogP contribution in [0.3, 0.4) is 0 Å². The highest BCUT2D eigenvalue weighted by atomic mass is 79.9. The molecular formula is C10H14Br2N2O. The van der Waals surface area contributed by atoms with E-state index in [-0.39, 0.29) is 6.61 Å². The monoisotopic (exact) mass is 336 g/mol. The molecule has 1 aromatic heterocycles. The van der Waals surface area contributed by atoms with Crippen LogP contribution >= 0.6 is 31.9 Å². The maximum atomic E-state index is 8.60. The van der Waals surface area contributed by atoms with E-state index in [0.29, 0.717) is 0 Å². The SMILES string of the molecule is OCCCCNCc1ncc(Br)cc1Br. The Bertz CT molecular complexity index is 307. The highest BCUT2D eigenvalue weighted by Gasteiger charge is 2.01. The fourth-order valence-electron chi connectivity index (χ4n) is 1.14. The predicted octanol–water partition coefficient (Wildman–Crippen LogP) is 2.47. The molecule has 0 radical (unpaired) electrons. The molecule has 0 amide bonds. The van der Waals surface area contributed by atoms with E-state index in [1.165, 1.54) is 0 Å². The third-order valence-electron chi connectivity index (χ3n) is 1.94. The van der Waals surface area contributed by atoms with Gasteiger partial charge in [-0.2, -0.15) is 0 Å². The van der Waals surface area contributed by atoms with Gasteiger partial charge in [0.05, 0.1) is 5.69 Å². The van der Waals surface area contributed by atoms with Gasteiger partial charge in [0, 0.05) is 28.3 Å². The minimum Gasteiger partial charge on any atom is -0.396 e. The van der Waals surface area contributed by atoms with Crippen molar-refractivity contribution in [1.82, 2.24) is 10.3 Å². The summed E-state index contributed by atoms with van der Waals surface area (Å²) < 4.78 is 1.98. The Labute approximate surface area is 107 Å². The van der Waals surface area contributed by atoms with E-state index in [9.17, 15) is 0 Å². The van der Waals surface area contributed by atoms with Crippen LogP contribution < -0.4 is 5.32 Å². The number of aliphatic hydroxyl groups is 1. The van der Waals surface area contributed by atoms with Crippen molar-refractivity contribution in [3.63, 3.8) is 0 Å². The number of rotatable bonds is 6. The second kappa shape index (κ2) is 7.33. The molecule has 1 heterocycles. The summed E-state index contributed by atoms with van der Waals surface area (Å²) in [4.78, 5) is 4.29. The number of nitrogens with one attached hydrogen (secondary N) is 1. The van der Waals surface area contributed by atoms with Crippen molar-refractivity contribution in [2.45, 2.75) is 19.4 Å². The lowest BCUT2D eigenvalue weighted by molar-refractivity contribution is 0.283. The summed E-state index contributed by atoms with van der Waals surface area (Å²) in [6.45, 7) is 1.92. The molecule has 2 N–H and O–H groups in total. The van der Waals surface area contributed by atoms with Crippen LogP contribution in [0.2, 0.25) is 0 Å². The normalized spacial score (nSPS) is 10.6. The first-order valence-electron chi connectivity index (χ1n) is 4.85. The van der Waals surface area contributed by atoms with Gasteiger partial charge in [-0.05, 0) is 57.3 Å². The Balaban J connectivity index is 2.31. The molecule has 0 fully saturated rings. The van der Waals surface area contributed by atoms with Gasteiger partial charge in [0.2, 0.25) is 0 Å². The molecule has 0 unspecified atom stereocenters. The lowest BCUT2D eigenvalue weighted by Gasteiger charge is -2.05. The average Bonchev–Trinajstić information content (AvgIpc) is 2.20. The van der Waals surface area contributed by atoms with E-state index in [1.807, 2.05) is 6.07 Å². The van der Waals surface area contributed by atoms with Gasteiger partial charge in [-0.25, -0.2) is 0 Å². The molecule has 0 aromatic carbocycles. The standard InChI is InChI=1S/C10H14Br2N2O/c11-8-5-9(12)10(14-6-8)7-13-3-1-2-4-15/h5-6,13,15H,1-4,7H2. The number of nitrogens with zero attached hydrogens (tertiary/aromatic N) is 1. The van der Waals surface area contributed by atoms with Gasteiger partial charge in [-0.3, -0.25) is 4.98 Å². The smallest absolute Gasteiger partial charge is 0.0684 e. The molecule has 0 atom stereocenters. The van der Waals surface area contributed by atoms with Gasteiger partial charge in [-0.1, -0.05) is 0 Å². The van der Waals surface area contributed by atoms with Crippen molar-refractivity contribution in [1.29, 1.82) is 0 Å². The lowest BCUT2D eigenvalue weighted by atomic mass is 10.3. The topological polar surface area (TPSA) is 45.1 Å². The van der Waals surface area contributed by atoms with Gasteiger partial charge in [-0.15, -0.1) is 0 Å². The molecule has 5 heteroatoms. The average molecular weight is 338 g/mol. The number of unbranched alkanes of at least 4 members (excludes halogenated alkanes) is 1. The van der Waals surface area contributed by atoms with Crippen LogP contribution in [0.5, 0.6) is 0 Å². The summed E-state index contributed by atoms with van der Waals surface area (Å²) in [7, 11) is 0. The largest absolute Gasteiger partial charge is 0.396 e. The maximum absolute atomic E-state index is 8.60. The maximum Gasteiger partial charge on any atom is 0.0684 e. The molecule has 1 aromatic rings. The summed E-state index contributed by atoms with van der Waals surface area (Å²) >= 11 is 6.82. The zero-order valence-corrected chi connectivity index (χ0v) is 11.5. The molecule has 0 aliphatic rings. The third kappa shape index (κ3) is 5.06. The summed E-state index contributed by atoms with van der Waals surface area (Å²) in [6.07, 6.45) is 3.63. The van der Waals surface area contributed by atoms with Crippen molar-refractivity contribution in [2.75, 3.05) is 13.2 Å². The summed E-state index contributed by atoms with van der Waals surface area (Å²) in [5.41, 5.74) is 1.00. The summed E-state index contributed by atoms with van der Waals surface area (Å²) in [6, 6.07) is 1.98. The fourth-order valence-corrected chi connectivity index (χ4v) is 2.27. The van der Waals surface area contributed by atoms with Crippen LogP contribution in [-0.2, 0) is 6.54 Å². The molecule has 3 nitrogen and oxygen atoms in total. The first-order valence-corrected chi connectivity index (χ1v) is 6.44. The Morgan fingerprint density at radius 2 is 2.13 bits per heavy atom. The number of aromatic nitrogens is 1. The van der Waals surface area contributed by atoms with Crippen molar-refractivity contribution >= 4 is 31.9 Å². The van der Waals surface area contributed by atoms with E-state index in [4.69, 9.17) is 5.11 Å².